The van der Waals surface area contributed by atoms with Gasteiger partial charge < -0.3 is 4.90 Å². The summed E-state index contributed by atoms with van der Waals surface area (Å²) in [5.74, 6) is 0.330. The maximum atomic E-state index is 11.5. The van der Waals surface area contributed by atoms with Gasteiger partial charge in [0.25, 0.3) is 0 Å². The lowest BCUT2D eigenvalue weighted by Crippen LogP contribution is -2.44. The molecule has 14 heavy (non-hydrogen) atoms. The summed E-state index contributed by atoms with van der Waals surface area (Å²) in [4.78, 5) is 13.3. The van der Waals surface area contributed by atoms with E-state index in [1.165, 1.54) is 0 Å². The minimum Gasteiger partial charge on any atom is -0.314 e. The van der Waals surface area contributed by atoms with Crippen molar-refractivity contribution in [3.8, 4) is 0 Å². The molecule has 0 bridgehead atoms. The molecule has 1 rings (SSSR count). The third-order valence-electron chi connectivity index (χ3n) is 2.37. The monoisotopic (exact) mass is 197 g/mol. The molecule has 1 fully saturated rings. The van der Waals surface area contributed by atoms with Crippen molar-refractivity contribution in [1.29, 1.82) is 5.41 Å². The third-order valence-corrected chi connectivity index (χ3v) is 2.37. The van der Waals surface area contributed by atoms with E-state index in [1.807, 2.05) is 6.92 Å². The van der Waals surface area contributed by atoms with Crippen molar-refractivity contribution in [2.75, 3.05) is 6.54 Å². The first-order chi connectivity index (χ1) is 6.38. The van der Waals surface area contributed by atoms with Crippen LogP contribution in [0, 0.1) is 10.8 Å². The van der Waals surface area contributed by atoms with Gasteiger partial charge in [-0.05, 0) is 11.8 Å². The fourth-order valence-corrected chi connectivity index (χ4v) is 1.90. The summed E-state index contributed by atoms with van der Waals surface area (Å²) in [7, 11) is 0. The molecule has 0 aromatic heterocycles. The second kappa shape index (κ2) is 3.59. The van der Waals surface area contributed by atoms with Gasteiger partial charge in [0.1, 0.15) is 5.84 Å². The molecular weight excluding hydrogens is 178 g/mol. The number of hydrogen-bond donors (Lipinski definition) is 2. The van der Waals surface area contributed by atoms with Gasteiger partial charge in [-0.15, -0.1) is 0 Å². The van der Waals surface area contributed by atoms with E-state index >= 15 is 0 Å². The molecule has 1 heterocycles. The Bertz CT molecular complexity index is 255. The highest BCUT2D eigenvalue weighted by Gasteiger charge is 2.42. The zero-order valence-corrected chi connectivity index (χ0v) is 9.35. The van der Waals surface area contributed by atoms with Gasteiger partial charge in [-0.3, -0.25) is 10.7 Å². The second-order valence-electron chi connectivity index (χ2n) is 4.81. The van der Waals surface area contributed by atoms with Crippen LogP contribution < -0.4 is 5.32 Å². The highest BCUT2D eigenvalue weighted by atomic mass is 16.2. The summed E-state index contributed by atoms with van der Waals surface area (Å²) in [6.45, 7) is 8.91. The van der Waals surface area contributed by atoms with Gasteiger partial charge in [0, 0.05) is 6.54 Å². The molecular formula is C10H19N3O. The fourth-order valence-electron chi connectivity index (χ4n) is 1.90. The summed E-state index contributed by atoms with van der Waals surface area (Å²) in [6, 6.07) is -0.230. The molecule has 2 N–H and O–H groups in total. The molecule has 0 radical (unpaired) electrons. The maximum Gasteiger partial charge on any atom is 0.323 e. The van der Waals surface area contributed by atoms with Crippen molar-refractivity contribution >= 4 is 11.9 Å². The Kier molecular flexibility index (Phi) is 2.83. The minimum absolute atomic E-state index is 0.0780. The molecule has 0 aliphatic carbocycles. The van der Waals surface area contributed by atoms with E-state index < -0.39 is 0 Å². The van der Waals surface area contributed by atoms with E-state index in [1.54, 1.807) is 4.90 Å². The zero-order chi connectivity index (χ0) is 10.9. The van der Waals surface area contributed by atoms with Gasteiger partial charge in [0.05, 0.1) is 6.04 Å². The molecule has 4 heteroatoms. The topological polar surface area (TPSA) is 56.2 Å². The van der Waals surface area contributed by atoms with Gasteiger partial charge in [0.15, 0.2) is 0 Å². The van der Waals surface area contributed by atoms with Crippen LogP contribution in [0.15, 0.2) is 0 Å². The first kappa shape index (κ1) is 11.0. The Morgan fingerprint density at radius 3 is 2.50 bits per heavy atom. The molecule has 0 spiro atoms. The minimum atomic E-state index is -0.128. The van der Waals surface area contributed by atoms with E-state index in [2.05, 4.69) is 26.1 Å². The van der Waals surface area contributed by atoms with Crippen LogP contribution in [0.25, 0.3) is 0 Å². The summed E-state index contributed by atoms with van der Waals surface area (Å²) in [6.07, 6.45) is 0.924. The van der Waals surface area contributed by atoms with Crippen LogP contribution in [0.4, 0.5) is 4.79 Å². The molecule has 4 nitrogen and oxygen atoms in total. The Hall–Kier alpha value is -1.06. The largest absolute Gasteiger partial charge is 0.323 e. The Balaban J connectivity index is 2.89. The SMILES string of the molecule is CCCN1C(=O)NC(=N)C1C(C)(C)C. The van der Waals surface area contributed by atoms with E-state index in [0.29, 0.717) is 5.84 Å². The van der Waals surface area contributed by atoms with Crippen LogP contribution in [0.1, 0.15) is 34.1 Å². The average molecular weight is 197 g/mol. The predicted octanol–water partition coefficient (Wildman–Crippen LogP) is 1.81. The number of urea groups is 1. The first-order valence-electron chi connectivity index (χ1n) is 5.04. The number of carbonyl (C=O) groups excluding carboxylic acids is 1. The van der Waals surface area contributed by atoms with E-state index in [4.69, 9.17) is 5.41 Å². The quantitative estimate of drug-likeness (QED) is 0.697. The van der Waals surface area contributed by atoms with E-state index in [-0.39, 0.29) is 17.5 Å². The van der Waals surface area contributed by atoms with E-state index in [9.17, 15) is 4.79 Å². The lowest BCUT2D eigenvalue weighted by molar-refractivity contribution is 0.170. The number of nitrogens with one attached hydrogen (secondary N) is 2. The van der Waals surface area contributed by atoms with Crippen LogP contribution in [-0.4, -0.2) is 29.4 Å². The highest BCUT2D eigenvalue weighted by Crippen LogP contribution is 2.27. The number of nitrogens with zero attached hydrogens (tertiary/aromatic N) is 1. The van der Waals surface area contributed by atoms with Crippen LogP contribution in [0.2, 0.25) is 0 Å². The maximum absolute atomic E-state index is 11.5. The molecule has 0 saturated carbocycles. The van der Waals surface area contributed by atoms with Gasteiger partial charge >= 0.3 is 6.03 Å². The Labute approximate surface area is 85.2 Å². The van der Waals surface area contributed by atoms with Crippen molar-refractivity contribution in [2.45, 2.75) is 40.2 Å². The van der Waals surface area contributed by atoms with Gasteiger partial charge in [-0.1, -0.05) is 27.7 Å². The normalized spacial score (nSPS) is 22.9. The molecule has 2 amide bonds. The molecule has 1 unspecified atom stereocenters. The van der Waals surface area contributed by atoms with Crippen molar-refractivity contribution < 1.29 is 4.79 Å². The summed E-state index contributed by atoms with van der Waals surface area (Å²) in [5.41, 5.74) is -0.0780. The summed E-state index contributed by atoms with van der Waals surface area (Å²) in [5, 5.41) is 10.3. The van der Waals surface area contributed by atoms with Crippen LogP contribution in [0.3, 0.4) is 0 Å². The number of rotatable bonds is 2. The summed E-state index contributed by atoms with van der Waals surface area (Å²) < 4.78 is 0. The predicted molar refractivity (Wildman–Crippen MR) is 56.5 cm³/mol. The standard InChI is InChI=1S/C10H19N3O/c1-5-6-13-7(10(2,3)4)8(11)12-9(13)14/h7H,5-6H2,1-4H3,(H2,11,12,14). The lowest BCUT2D eigenvalue weighted by atomic mass is 9.85. The molecule has 1 atom stereocenters. The first-order valence-corrected chi connectivity index (χ1v) is 5.04. The average Bonchev–Trinajstić information content (AvgIpc) is 2.26. The van der Waals surface area contributed by atoms with Crippen molar-refractivity contribution in [1.82, 2.24) is 10.2 Å². The van der Waals surface area contributed by atoms with Crippen LogP contribution >= 0.6 is 0 Å². The van der Waals surface area contributed by atoms with Crippen molar-refractivity contribution in [3.63, 3.8) is 0 Å². The zero-order valence-electron chi connectivity index (χ0n) is 9.35. The van der Waals surface area contributed by atoms with Gasteiger partial charge in [-0.25, -0.2) is 4.79 Å². The van der Waals surface area contributed by atoms with Gasteiger partial charge in [-0.2, -0.15) is 0 Å². The smallest absolute Gasteiger partial charge is 0.314 e. The fraction of sp³-hybridized carbons (Fsp3) is 0.800. The second-order valence-corrected chi connectivity index (χ2v) is 4.81. The van der Waals surface area contributed by atoms with Gasteiger partial charge in [0.2, 0.25) is 0 Å². The van der Waals surface area contributed by atoms with E-state index in [0.717, 1.165) is 13.0 Å². The molecule has 80 valence electrons. The number of carbonyl (C=O) groups is 1. The van der Waals surface area contributed by atoms with Crippen molar-refractivity contribution in [2.24, 2.45) is 5.41 Å². The molecule has 0 aromatic carbocycles. The van der Waals surface area contributed by atoms with Crippen LogP contribution in [-0.2, 0) is 0 Å². The Morgan fingerprint density at radius 2 is 2.07 bits per heavy atom. The highest BCUT2D eigenvalue weighted by molar-refractivity contribution is 6.05. The number of amidine groups is 1. The molecule has 0 aromatic rings. The summed E-state index contributed by atoms with van der Waals surface area (Å²) >= 11 is 0. The third kappa shape index (κ3) is 1.89. The number of amides is 2. The Morgan fingerprint density at radius 1 is 1.50 bits per heavy atom. The molecule has 1 saturated heterocycles. The molecule has 1 aliphatic rings. The van der Waals surface area contributed by atoms with Crippen molar-refractivity contribution in [3.05, 3.63) is 0 Å². The lowest BCUT2D eigenvalue weighted by Gasteiger charge is -2.32. The number of hydrogen-bond acceptors (Lipinski definition) is 2. The molecule has 1 aliphatic heterocycles. The van der Waals surface area contributed by atoms with Crippen LogP contribution in [0.5, 0.6) is 0 Å².